The van der Waals surface area contributed by atoms with E-state index in [1.165, 1.54) is 27.1 Å². The molecule has 0 fully saturated rings. The molecular formula is C44H50IrNO3S-. The number of thiophene rings is 1. The normalized spacial score (nSPS) is 12.5. The van der Waals surface area contributed by atoms with Crippen molar-refractivity contribution in [1.29, 1.82) is 0 Å². The van der Waals surface area contributed by atoms with Gasteiger partial charge in [-0.1, -0.05) is 104 Å². The second-order valence-corrected chi connectivity index (χ2v) is 15.6. The number of carbonyl (C=O) groups excluding carboxylic acids is 1. The van der Waals surface area contributed by atoms with E-state index in [2.05, 4.69) is 92.9 Å². The molecule has 0 amide bonds. The third-order valence-corrected chi connectivity index (χ3v) is 11.5. The van der Waals surface area contributed by atoms with Gasteiger partial charge in [0, 0.05) is 69.9 Å². The Balaban J connectivity index is 0.000000269. The van der Waals surface area contributed by atoms with Crippen molar-refractivity contribution in [3.8, 4) is 22.6 Å². The summed E-state index contributed by atoms with van der Waals surface area (Å²) in [6, 6.07) is 27.0. The number of ketones is 1. The average molecular weight is 865 g/mol. The zero-order valence-electron chi connectivity index (χ0n) is 30.9. The van der Waals surface area contributed by atoms with Crippen molar-refractivity contribution in [2.45, 2.75) is 93.4 Å². The van der Waals surface area contributed by atoms with E-state index < -0.39 is 0 Å². The van der Waals surface area contributed by atoms with Crippen molar-refractivity contribution in [1.82, 2.24) is 4.98 Å². The van der Waals surface area contributed by atoms with E-state index in [4.69, 9.17) is 9.40 Å². The molecule has 0 unspecified atom stereocenters. The van der Waals surface area contributed by atoms with Gasteiger partial charge < -0.3 is 9.52 Å². The van der Waals surface area contributed by atoms with Gasteiger partial charge in [-0.25, -0.2) is 0 Å². The van der Waals surface area contributed by atoms with Gasteiger partial charge in [0.2, 0.25) is 0 Å². The van der Waals surface area contributed by atoms with Gasteiger partial charge in [-0.3, -0.25) is 9.78 Å². The minimum Gasteiger partial charge on any atom is -0.512 e. The second-order valence-electron chi connectivity index (χ2n) is 14.6. The summed E-state index contributed by atoms with van der Waals surface area (Å²) in [6.45, 7) is 18.8. The summed E-state index contributed by atoms with van der Waals surface area (Å²) in [5, 5.41) is 16.9. The van der Waals surface area contributed by atoms with E-state index in [1.807, 2.05) is 53.8 Å². The summed E-state index contributed by atoms with van der Waals surface area (Å²) < 4.78 is 7.74. The molecule has 0 aliphatic rings. The largest absolute Gasteiger partial charge is 0.512 e. The van der Waals surface area contributed by atoms with Gasteiger partial charge in [0.05, 0.1) is 0 Å². The molecule has 3 heterocycles. The van der Waals surface area contributed by atoms with E-state index in [0.29, 0.717) is 0 Å². The molecule has 0 atom stereocenters. The van der Waals surface area contributed by atoms with E-state index in [-0.39, 0.29) is 47.9 Å². The summed E-state index contributed by atoms with van der Waals surface area (Å²) in [4.78, 5) is 16.9. The number of furan rings is 1. The number of aromatic nitrogens is 1. The fraction of sp³-hybridized carbons (Fsp3) is 0.364. The van der Waals surface area contributed by atoms with Crippen LogP contribution in [0.3, 0.4) is 0 Å². The molecule has 4 nitrogen and oxygen atoms in total. The second kappa shape index (κ2) is 15.8. The number of hydrogen-bond donors (Lipinski definition) is 1. The molecular weight excluding hydrogens is 815 g/mol. The van der Waals surface area contributed by atoms with Crippen LogP contribution >= 0.6 is 11.3 Å². The van der Waals surface area contributed by atoms with Gasteiger partial charge in [-0.05, 0) is 60.7 Å². The van der Waals surface area contributed by atoms with E-state index in [0.717, 1.165) is 64.6 Å². The standard InChI is InChI=1S/C29H22NOS.C15H28O2.Ir/c1-29(2,3)24-16-20(15-18-7-4-5-8-21(18)24)27-28-19(11-13-30-27)17-25(31-28)22-9-6-10-26-23(22)12-14-32-26;1-7-14(5,8-2)12(16)11-13(17)15(6,9-3)10-4;/h4-14,16-17H,1-3H3;11,16H,7-10H2,1-6H3;/q-1;;/b;12-11-;. The van der Waals surface area contributed by atoms with E-state index >= 15 is 0 Å². The topological polar surface area (TPSA) is 63.3 Å². The Labute approximate surface area is 315 Å². The van der Waals surface area contributed by atoms with E-state index in [1.54, 1.807) is 11.3 Å². The van der Waals surface area contributed by atoms with Crippen LogP contribution in [0.15, 0.2) is 94.6 Å². The smallest absolute Gasteiger partial charge is 0.164 e. The zero-order chi connectivity index (χ0) is 35.6. The molecule has 3 aromatic heterocycles. The number of nitrogens with zero attached hydrogens (tertiary/aromatic N) is 1. The molecule has 1 N–H and O–H groups in total. The van der Waals surface area contributed by atoms with Crippen LogP contribution in [-0.2, 0) is 30.3 Å². The first-order valence-corrected chi connectivity index (χ1v) is 18.4. The molecule has 50 heavy (non-hydrogen) atoms. The minimum absolute atomic E-state index is 0. The molecule has 1 radical (unpaired) electrons. The first-order chi connectivity index (χ1) is 23.3. The maximum atomic E-state index is 12.2. The minimum atomic E-state index is -0.337. The van der Waals surface area contributed by atoms with Gasteiger partial charge in [0.25, 0.3) is 0 Å². The molecule has 6 aromatic rings. The number of rotatable bonds is 9. The molecule has 3 aromatic carbocycles. The molecule has 0 saturated carbocycles. The van der Waals surface area contributed by atoms with Crippen LogP contribution in [0, 0.1) is 16.9 Å². The molecule has 0 spiro atoms. The summed E-state index contributed by atoms with van der Waals surface area (Å²) >= 11 is 1.75. The SMILES string of the molecule is CC(C)(C)c1cc(-c2nccc3cc(-c4cccc5sccc45)oc23)[c-]c2ccccc12.CCC(C)(CC)C(=O)/C=C(\O)C(C)(CC)CC.[Ir]. The van der Waals surface area contributed by atoms with Gasteiger partial charge in [-0.2, -0.15) is 0 Å². The molecule has 6 heteroatoms. The van der Waals surface area contributed by atoms with E-state index in [9.17, 15) is 9.90 Å². The zero-order valence-corrected chi connectivity index (χ0v) is 34.1. The molecule has 0 bridgehead atoms. The molecule has 265 valence electrons. The Morgan fingerprint density at radius 3 is 2.20 bits per heavy atom. The van der Waals surface area contributed by atoms with Gasteiger partial charge in [0.15, 0.2) is 5.78 Å². The van der Waals surface area contributed by atoms with Crippen LogP contribution in [0.2, 0.25) is 0 Å². The average Bonchev–Trinajstić information content (AvgIpc) is 3.78. The van der Waals surface area contributed by atoms with Crippen LogP contribution in [0.1, 0.15) is 93.6 Å². The molecule has 6 rings (SSSR count). The molecule has 0 saturated heterocycles. The number of allylic oxidation sites excluding steroid dienone is 2. The Morgan fingerprint density at radius 2 is 1.54 bits per heavy atom. The number of carbonyl (C=O) groups is 1. The third-order valence-electron chi connectivity index (χ3n) is 10.6. The van der Waals surface area contributed by atoms with Crippen LogP contribution in [0.4, 0.5) is 0 Å². The maximum Gasteiger partial charge on any atom is 0.164 e. The Hall–Kier alpha value is -3.57. The van der Waals surface area contributed by atoms with Crippen LogP contribution in [0.25, 0.3) is 54.4 Å². The van der Waals surface area contributed by atoms with Gasteiger partial charge in [0.1, 0.15) is 17.1 Å². The van der Waals surface area contributed by atoms with Gasteiger partial charge in [-0.15, -0.1) is 40.5 Å². The maximum absolute atomic E-state index is 12.2. The molecule has 0 aliphatic heterocycles. The monoisotopic (exact) mass is 865 g/mol. The first kappa shape index (κ1) is 39.2. The van der Waals surface area contributed by atoms with Crippen molar-refractivity contribution in [2.24, 2.45) is 10.8 Å². The van der Waals surface area contributed by atoms with Crippen LogP contribution < -0.4 is 0 Å². The van der Waals surface area contributed by atoms with Crippen LogP contribution in [0.5, 0.6) is 0 Å². The number of aliphatic hydroxyl groups excluding tert-OH is 1. The van der Waals surface area contributed by atoms with Crippen molar-refractivity contribution >= 4 is 48.9 Å². The predicted molar refractivity (Wildman–Crippen MR) is 208 cm³/mol. The Morgan fingerprint density at radius 1 is 0.860 bits per heavy atom. The van der Waals surface area contributed by atoms with Crippen molar-refractivity contribution < 1.29 is 34.4 Å². The number of fused-ring (bicyclic) bond motifs is 3. The number of benzene rings is 3. The number of pyridine rings is 1. The number of aliphatic hydroxyl groups is 1. The predicted octanol–water partition coefficient (Wildman–Crippen LogP) is 13.3. The summed E-state index contributed by atoms with van der Waals surface area (Å²) in [5.41, 5.74) is 4.41. The first-order valence-electron chi connectivity index (χ1n) is 17.5. The quantitative estimate of drug-likeness (QED) is 0.0893. The fourth-order valence-corrected chi connectivity index (χ4v) is 6.97. The number of hydrogen-bond acceptors (Lipinski definition) is 5. The third kappa shape index (κ3) is 7.83. The molecule has 0 aliphatic carbocycles. The fourth-order valence-electron chi connectivity index (χ4n) is 6.16. The summed E-state index contributed by atoms with van der Waals surface area (Å²) in [5.74, 6) is 1.16. The van der Waals surface area contributed by atoms with Crippen LogP contribution in [-0.4, -0.2) is 15.9 Å². The van der Waals surface area contributed by atoms with Crippen molar-refractivity contribution in [3.05, 3.63) is 102 Å². The summed E-state index contributed by atoms with van der Waals surface area (Å²) in [6.07, 6.45) is 6.62. The Bertz CT molecular complexity index is 2120. The van der Waals surface area contributed by atoms with Gasteiger partial charge >= 0.3 is 0 Å². The van der Waals surface area contributed by atoms with Crippen molar-refractivity contribution in [3.63, 3.8) is 0 Å². The summed E-state index contributed by atoms with van der Waals surface area (Å²) in [7, 11) is 0. The Kier molecular flexibility index (Phi) is 12.4. The van der Waals surface area contributed by atoms with Crippen molar-refractivity contribution in [2.75, 3.05) is 0 Å².